The van der Waals surface area contributed by atoms with E-state index in [2.05, 4.69) is 68.8 Å². The van der Waals surface area contributed by atoms with Crippen LogP contribution in [-0.4, -0.2) is 49.1 Å². The van der Waals surface area contributed by atoms with Crippen molar-refractivity contribution in [3.05, 3.63) is 41.0 Å². The van der Waals surface area contributed by atoms with E-state index in [4.69, 9.17) is 4.74 Å². The molecule has 1 fully saturated rings. The topological polar surface area (TPSA) is 15.7 Å². The van der Waals surface area contributed by atoms with E-state index in [0.717, 1.165) is 25.3 Å². The molecule has 0 saturated carbocycles. The zero-order valence-corrected chi connectivity index (χ0v) is 20.9. The Morgan fingerprint density at radius 3 is 2.48 bits per heavy atom. The van der Waals surface area contributed by atoms with Gasteiger partial charge in [0.2, 0.25) is 0 Å². The van der Waals surface area contributed by atoms with Gasteiger partial charge in [0.05, 0.1) is 6.61 Å². The molecule has 1 aliphatic carbocycles. The van der Waals surface area contributed by atoms with Gasteiger partial charge in [-0.3, -0.25) is 4.90 Å². The molecule has 0 radical (unpaired) electrons. The molecule has 0 bridgehead atoms. The first-order valence-corrected chi connectivity index (χ1v) is 12.7. The van der Waals surface area contributed by atoms with Gasteiger partial charge in [-0.05, 0) is 108 Å². The van der Waals surface area contributed by atoms with Crippen LogP contribution in [0.3, 0.4) is 0 Å². The molecule has 1 aromatic rings. The predicted molar refractivity (Wildman–Crippen MR) is 133 cm³/mol. The van der Waals surface area contributed by atoms with Crippen molar-refractivity contribution < 1.29 is 4.74 Å². The van der Waals surface area contributed by atoms with Crippen LogP contribution in [0.4, 0.5) is 0 Å². The minimum Gasteiger partial charge on any atom is -0.494 e. The number of benzene rings is 1. The lowest BCUT2D eigenvalue weighted by atomic mass is 9.71. The van der Waals surface area contributed by atoms with E-state index >= 15 is 0 Å². The van der Waals surface area contributed by atoms with Gasteiger partial charge in [0, 0.05) is 19.1 Å². The number of nitrogens with zero attached hydrogens (tertiary/aromatic N) is 2. The summed E-state index contributed by atoms with van der Waals surface area (Å²) in [5, 5.41) is 0. The van der Waals surface area contributed by atoms with Gasteiger partial charge in [-0.2, -0.15) is 0 Å². The second-order valence-electron chi connectivity index (χ2n) is 10.7. The number of rotatable bonds is 11. The second-order valence-corrected chi connectivity index (χ2v) is 10.7. The molecule has 1 saturated heterocycles. The third-order valence-corrected chi connectivity index (χ3v) is 7.69. The molecule has 31 heavy (non-hydrogen) atoms. The lowest BCUT2D eigenvalue weighted by Crippen LogP contribution is -2.29. The molecule has 1 heterocycles. The van der Waals surface area contributed by atoms with Crippen LogP contribution in [0.5, 0.6) is 5.75 Å². The first-order chi connectivity index (χ1) is 14.8. The lowest BCUT2D eigenvalue weighted by Gasteiger charge is -2.36. The van der Waals surface area contributed by atoms with Crippen molar-refractivity contribution in [2.24, 2.45) is 5.41 Å². The standard InChI is InChI=1S/C28H46N2O/c1-23-10-8-17-28(3,4)27(23)16-11-24(2)29(5)22-25-12-14-26(15-13-25)31-21-9-20-30-18-6-7-19-30/h12-15,24H,6-11,16-22H2,1-5H3. The zero-order chi connectivity index (χ0) is 22.3. The molecule has 0 amide bonds. The Kier molecular flexibility index (Phi) is 9.04. The Labute approximate surface area is 191 Å². The van der Waals surface area contributed by atoms with Crippen LogP contribution in [0.2, 0.25) is 0 Å². The number of allylic oxidation sites excluding steroid dienone is 2. The van der Waals surface area contributed by atoms with E-state index in [9.17, 15) is 0 Å². The predicted octanol–water partition coefficient (Wildman–Crippen LogP) is 6.68. The molecule has 2 aliphatic rings. The summed E-state index contributed by atoms with van der Waals surface area (Å²) < 4.78 is 5.96. The molecule has 1 atom stereocenters. The summed E-state index contributed by atoms with van der Waals surface area (Å²) >= 11 is 0. The van der Waals surface area contributed by atoms with E-state index in [0.29, 0.717) is 11.5 Å². The molecule has 0 aromatic heterocycles. The lowest BCUT2D eigenvalue weighted by molar-refractivity contribution is 0.232. The maximum absolute atomic E-state index is 5.96. The maximum Gasteiger partial charge on any atom is 0.119 e. The highest BCUT2D eigenvalue weighted by molar-refractivity contribution is 5.27. The summed E-state index contributed by atoms with van der Waals surface area (Å²) in [7, 11) is 2.26. The summed E-state index contributed by atoms with van der Waals surface area (Å²) in [4.78, 5) is 5.05. The van der Waals surface area contributed by atoms with Crippen molar-refractivity contribution in [1.29, 1.82) is 0 Å². The summed E-state index contributed by atoms with van der Waals surface area (Å²) in [5.74, 6) is 1.00. The van der Waals surface area contributed by atoms with Crippen molar-refractivity contribution in [2.75, 3.05) is 33.3 Å². The molecule has 174 valence electrons. The fourth-order valence-corrected chi connectivity index (χ4v) is 5.42. The van der Waals surface area contributed by atoms with Gasteiger partial charge in [0.15, 0.2) is 0 Å². The zero-order valence-electron chi connectivity index (χ0n) is 20.9. The van der Waals surface area contributed by atoms with Crippen LogP contribution in [0.15, 0.2) is 35.4 Å². The minimum atomic E-state index is 0.394. The molecule has 0 spiro atoms. The van der Waals surface area contributed by atoms with Crippen molar-refractivity contribution in [1.82, 2.24) is 9.80 Å². The molecular formula is C28H46N2O. The maximum atomic E-state index is 5.96. The van der Waals surface area contributed by atoms with E-state index < -0.39 is 0 Å². The van der Waals surface area contributed by atoms with Gasteiger partial charge in [-0.15, -0.1) is 0 Å². The Balaban J connectivity index is 1.39. The summed E-state index contributed by atoms with van der Waals surface area (Å²) in [6, 6.07) is 9.33. The van der Waals surface area contributed by atoms with E-state index in [-0.39, 0.29) is 0 Å². The van der Waals surface area contributed by atoms with Crippen molar-refractivity contribution in [2.45, 2.75) is 91.6 Å². The van der Waals surface area contributed by atoms with Gasteiger partial charge in [0.25, 0.3) is 0 Å². The highest BCUT2D eigenvalue weighted by atomic mass is 16.5. The van der Waals surface area contributed by atoms with Crippen molar-refractivity contribution in [3.8, 4) is 5.75 Å². The quantitative estimate of drug-likeness (QED) is 0.290. The van der Waals surface area contributed by atoms with E-state index in [1.54, 1.807) is 11.1 Å². The van der Waals surface area contributed by atoms with Crippen LogP contribution in [0, 0.1) is 5.41 Å². The van der Waals surface area contributed by atoms with Gasteiger partial charge >= 0.3 is 0 Å². The Hall–Kier alpha value is -1.32. The smallest absolute Gasteiger partial charge is 0.119 e. The normalized spacial score (nSPS) is 20.5. The molecule has 0 N–H and O–H groups in total. The highest BCUT2D eigenvalue weighted by Gasteiger charge is 2.28. The third-order valence-electron chi connectivity index (χ3n) is 7.69. The number of hydrogen-bond donors (Lipinski definition) is 0. The van der Waals surface area contributed by atoms with Gasteiger partial charge in [-0.1, -0.05) is 37.1 Å². The molecule has 1 unspecified atom stereocenters. The Bertz CT molecular complexity index is 700. The average molecular weight is 427 g/mol. The van der Waals surface area contributed by atoms with Crippen LogP contribution >= 0.6 is 0 Å². The largest absolute Gasteiger partial charge is 0.494 e. The first kappa shape index (κ1) is 24.3. The summed E-state index contributed by atoms with van der Waals surface area (Å²) in [6.07, 6.45) is 10.3. The molecule has 1 aliphatic heterocycles. The number of ether oxygens (including phenoxy) is 1. The Morgan fingerprint density at radius 2 is 1.81 bits per heavy atom. The van der Waals surface area contributed by atoms with Gasteiger partial charge in [-0.25, -0.2) is 0 Å². The van der Waals surface area contributed by atoms with Crippen molar-refractivity contribution in [3.63, 3.8) is 0 Å². The average Bonchev–Trinajstić information content (AvgIpc) is 3.25. The molecule has 3 rings (SSSR count). The summed E-state index contributed by atoms with van der Waals surface area (Å²) in [6.45, 7) is 15.2. The highest BCUT2D eigenvalue weighted by Crippen LogP contribution is 2.42. The van der Waals surface area contributed by atoms with E-state index in [1.807, 2.05) is 0 Å². The summed E-state index contributed by atoms with van der Waals surface area (Å²) in [5.41, 5.74) is 5.14. The third kappa shape index (κ3) is 7.36. The minimum absolute atomic E-state index is 0.394. The van der Waals surface area contributed by atoms with Crippen LogP contribution in [0.1, 0.15) is 84.6 Å². The van der Waals surface area contributed by atoms with Crippen LogP contribution in [-0.2, 0) is 6.54 Å². The monoisotopic (exact) mass is 426 g/mol. The number of likely N-dealkylation sites (tertiary alicyclic amines) is 1. The molecular weight excluding hydrogens is 380 g/mol. The van der Waals surface area contributed by atoms with Gasteiger partial charge in [0.1, 0.15) is 5.75 Å². The van der Waals surface area contributed by atoms with Crippen molar-refractivity contribution >= 4 is 0 Å². The number of hydrogen-bond acceptors (Lipinski definition) is 3. The van der Waals surface area contributed by atoms with E-state index in [1.165, 1.54) is 70.1 Å². The first-order valence-electron chi connectivity index (χ1n) is 12.7. The molecule has 3 nitrogen and oxygen atoms in total. The molecule has 1 aromatic carbocycles. The fourth-order valence-electron chi connectivity index (χ4n) is 5.42. The SMILES string of the molecule is CC1=C(CCC(C)N(C)Cc2ccc(OCCCN3CCCC3)cc2)C(C)(C)CCC1. The fraction of sp³-hybridized carbons (Fsp3) is 0.714. The molecule has 3 heteroatoms. The second kappa shape index (κ2) is 11.5. The Morgan fingerprint density at radius 1 is 1.10 bits per heavy atom. The van der Waals surface area contributed by atoms with Gasteiger partial charge < -0.3 is 9.64 Å². The van der Waals surface area contributed by atoms with Crippen LogP contribution < -0.4 is 4.74 Å². The van der Waals surface area contributed by atoms with Crippen LogP contribution in [0.25, 0.3) is 0 Å².